The second-order valence-electron chi connectivity index (χ2n) is 2.47. The van der Waals surface area contributed by atoms with Crippen molar-refractivity contribution >= 4 is 8.96 Å². The van der Waals surface area contributed by atoms with E-state index in [1.807, 2.05) is 0 Å². The summed E-state index contributed by atoms with van der Waals surface area (Å²) >= 11 is 0. The van der Waals surface area contributed by atoms with Crippen molar-refractivity contribution in [1.29, 1.82) is 0 Å². The number of nitrogens with zero attached hydrogens (tertiary/aromatic N) is 1. The molecule has 0 heterocycles. The molecular weight excluding hydrogens is 157 g/mol. The Hall–Kier alpha value is 0.350. The van der Waals surface area contributed by atoms with Gasteiger partial charge in [-0.15, -0.1) is 0 Å². The summed E-state index contributed by atoms with van der Waals surface area (Å²) in [5.41, 5.74) is 0. The first-order chi connectivity index (χ1) is 5.35. The van der Waals surface area contributed by atoms with E-state index in [4.69, 9.17) is 4.52 Å². The maximum Gasteiger partial charge on any atom is 0.0888 e. The Labute approximate surface area is 72.2 Å². The van der Waals surface area contributed by atoms with Crippen molar-refractivity contribution in [3.63, 3.8) is 0 Å². The van der Waals surface area contributed by atoms with E-state index in [0.717, 1.165) is 19.7 Å². The van der Waals surface area contributed by atoms with E-state index >= 15 is 0 Å². The second kappa shape index (κ2) is 8.45. The Morgan fingerprint density at radius 2 is 1.82 bits per heavy atom. The molecule has 0 radical (unpaired) electrons. The van der Waals surface area contributed by atoms with Crippen LogP contribution in [0.3, 0.4) is 0 Å². The monoisotopic (exact) mass is 177 g/mol. The first kappa shape index (κ1) is 11.4. The molecule has 0 aliphatic carbocycles. The van der Waals surface area contributed by atoms with Gasteiger partial charge in [-0.25, -0.2) is 0 Å². The maximum atomic E-state index is 5.47. The molecule has 0 N–H and O–H groups in total. The zero-order valence-electron chi connectivity index (χ0n) is 7.89. The maximum absolute atomic E-state index is 5.47. The molecule has 0 aromatic carbocycles. The Balaban J connectivity index is 3.07. The summed E-state index contributed by atoms with van der Waals surface area (Å²) in [6, 6.07) is 0. The zero-order valence-corrected chi connectivity index (χ0v) is 8.89. The van der Waals surface area contributed by atoms with Crippen LogP contribution in [0.4, 0.5) is 0 Å². The normalized spacial score (nSPS) is 12.0. The van der Waals surface area contributed by atoms with Gasteiger partial charge in [0.1, 0.15) is 0 Å². The van der Waals surface area contributed by atoms with Gasteiger partial charge in [0.2, 0.25) is 0 Å². The van der Waals surface area contributed by atoms with Crippen molar-refractivity contribution in [3.8, 4) is 0 Å². The average molecular weight is 177 g/mol. The minimum absolute atomic E-state index is 0.567. The van der Waals surface area contributed by atoms with Gasteiger partial charge in [-0.1, -0.05) is 27.2 Å². The summed E-state index contributed by atoms with van der Waals surface area (Å²) in [6.45, 7) is 9.64. The first-order valence-electron chi connectivity index (χ1n) is 4.47. The lowest BCUT2D eigenvalue weighted by atomic mass is 10.4. The van der Waals surface area contributed by atoms with Crippen molar-refractivity contribution < 1.29 is 4.52 Å². The minimum Gasteiger partial charge on any atom is -0.346 e. The van der Waals surface area contributed by atoms with Crippen molar-refractivity contribution in [2.75, 3.05) is 19.7 Å². The van der Waals surface area contributed by atoms with Crippen LogP contribution < -0.4 is 0 Å². The summed E-state index contributed by atoms with van der Waals surface area (Å²) in [4.78, 5) is 0. The molecular formula is C8H20NOP. The van der Waals surface area contributed by atoms with Crippen LogP contribution in [0.1, 0.15) is 33.6 Å². The van der Waals surface area contributed by atoms with Gasteiger partial charge in [-0.3, -0.25) is 4.67 Å². The molecule has 0 saturated carbocycles. The number of hydrogen-bond donors (Lipinski definition) is 0. The highest BCUT2D eigenvalue weighted by Gasteiger charge is 1.96. The third-order valence-electron chi connectivity index (χ3n) is 1.56. The molecule has 0 spiro atoms. The standard InChI is InChI=1S/C8H20NOP/c1-4-7-8-10-11-9(5-2)6-3/h11H,4-8H2,1-3H3. The fourth-order valence-electron chi connectivity index (χ4n) is 0.706. The van der Waals surface area contributed by atoms with E-state index in [-0.39, 0.29) is 0 Å². The molecule has 0 bridgehead atoms. The molecule has 1 atom stereocenters. The van der Waals surface area contributed by atoms with E-state index in [1.54, 1.807) is 0 Å². The molecule has 3 heteroatoms. The molecule has 1 unspecified atom stereocenters. The third kappa shape index (κ3) is 6.74. The van der Waals surface area contributed by atoms with E-state index in [0.29, 0.717) is 8.96 Å². The highest BCUT2D eigenvalue weighted by molar-refractivity contribution is 7.29. The van der Waals surface area contributed by atoms with E-state index in [2.05, 4.69) is 25.4 Å². The SMILES string of the molecule is CCCCOPN(CC)CC. The van der Waals surface area contributed by atoms with Gasteiger partial charge >= 0.3 is 0 Å². The molecule has 11 heavy (non-hydrogen) atoms. The van der Waals surface area contributed by atoms with Crippen LogP contribution in [0.5, 0.6) is 0 Å². The van der Waals surface area contributed by atoms with Crippen LogP contribution >= 0.6 is 8.96 Å². The predicted octanol–water partition coefficient (Wildman–Crippen LogP) is 2.65. The Morgan fingerprint density at radius 1 is 1.18 bits per heavy atom. The van der Waals surface area contributed by atoms with Gasteiger partial charge in [0.25, 0.3) is 0 Å². The summed E-state index contributed by atoms with van der Waals surface area (Å²) < 4.78 is 7.77. The minimum atomic E-state index is 0.567. The van der Waals surface area contributed by atoms with Crippen LogP contribution in [0, 0.1) is 0 Å². The van der Waals surface area contributed by atoms with Crippen LogP contribution in [-0.2, 0) is 4.52 Å². The molecule has 0 fully saturated rings. The molecule has 0 aliphatic rings. The molecule has 0 saturated heterocycles. The molecule has 0 aromatic heterocycles. The fourth-order valence-corrected chi connectivity index (χ4v) is 1.38. The smallest absolute Gasteiger partial charge is 0.0888 e. The fraction of sp³-hybridized carbons (Fsp3) is 1.00. The van der Waals surface area contributed by atoms with Crippen LogP contribution in [-0.4, -0.2) is 24.4 Å². The van der Waals surface area contributed by atoms with Crippen molar-refractivity contribution in [3.05, 3.63) is 0 Å². The highest BCUT2D eigenvalue weighted by Crippen LogP contribution is 2.18. The number of rotatable bonds is 7. The lowest BCUT2D eigenvalue weighted by Crippen LogP contribution is -2.12. The summed E-state index contributed by atoms with van der Waals surface area (Å²) in [6.07, 6.45) is 2.41. The van der Waals surface area contributed by atoms with Gasteiger partial charge in [0, 0.05) is 13.1 Å². The van der Waals surface area contributed by atoms with Crippen molar-refractivity contribution in [1.82, 2.24) is 4.67 Å². The Bertz CT molecular complexity index is 76.5. The highest BCUT2D eigenvalue weighted by atomic mass is 31.1. The number of unbranched alkanes of at least 4 members (excludes halogenated alkanes) is 1. The van der Waals surface area contributed by atoms with Crippen LogP contribution in [0.15, 0.2) is 0 Å². The summed E-state index contributed by atoms with van der Waals surface area (Å²) in [5.74, 6) is 0. The van der Waals surface area contributed by atoms with Gasteiger partial charge in [-0.2, -0.15) is 0 Å². The van der Waals surface area contributed by atoms with Crippen LogP contribution in [0.2, 0.25) is 0 Å². The van der Waals surface area contributed by atoms with Gasteiger partial charge in [-0.05, 0) is 6.42 Å². The molecule has 0 amide bonds. The first-order valence-corrected chi connectivity index (χ1v) is 5.33. The second-order valence-corrected chi connectivity index (χ2v) is 3.57. The zero-order chi connectivity index (χ0) is 8.53. The lowest BCUT2D eigenvalue weighted by Gasteiger charge is -2.16. The Morgan fingerprint density at radius 3 is 2.27 bits per heavy atom. The third-order valence-corrected chi connectivity index (χ3v) is 2.78. The largest absolute Gasteiger partial charge is 0.346 e. The molecule has 2 nitrogen and oxygen atoms in total. The van der Waals surface area contributed by atoms with E-state index < -0.39 is 0 Å². The number of hydrogen-bond acceptors (Lipinski definition) is 2. The lowest BCUT2D eigenvalue weighted by molar-refractivity contribution is 0.319. The quantitative estimate of drug-likeness (QED) is 0.438. The van der Waals surface area contributed by atoms with Gasteiger partial charge < -0.3 is 4.52 Å². The van der Waals surface area contributed by atoms with Crippen molar-refractivity contribution in [2.45, 2.75) is 33.6 Å². The van der Waals surface area contributed by atoms with Crippen molar-refractivity contribution in [2.24, 2.45) is 0 Å². The molecule has 0 aliphatic heterocycles. The Kier molecular flexibility index (Phi) is 8.72. The topological polar surface area (TPSA) is 12.5 Å². The summed E-state index contributed by atoms with van der Waals surface area (Å²) in [7, 11) is 0.567. The van der Waals surface area contributed by atoms with Gasteiger partial charge in [0.15, 0.2) is 0 Å². The van der Waals surface area contributed by atoms with E-state index in [1.165, 1.54) is 12.8 Å². The average Bonchev–Trinajstić information content (AvgIpc) is 2.05. The molecule has 0 aromatic rings. The van der Waals surface area contributed by atoms with Crippen LogP contribution in [0.25, 0.3) is 0 Å². The molecule has 0 rings (SSSR count). The predicted molar refractivity (Wildman–Crippen MR) is 52.1 cm³/mol. The van der Waals surface area contributed by atoms with E-state index in [9.17, 15) is 0 Å². The van der Waals surface area contributed by atoms with Gasteiger partial charge in [0.05, 0.1) is 15.6 Å². The summed E-state index contributed by atoms with van der Waals surface area (Å²) in [5, 5.41) is 0. The molecule has 68 valence electrons.